The van der Waals surface area contributed by atoms with Crippen LogP contribution >= 0.6 is 0 Å². The molecule has 0 aromatic heterocycles. The summed E-state index contributed by atoms with van der Waals surface area (Å²) < 4.78 is 0. The van der Waals surface area contributed by atoms with E-state index < -0.39 is 0 Å². The maximum Gasteiger partial charge on any atom is 0.224 e. The first kappa shape index (κ1) is 19.2. The van der Waals surface area contributed by atoms with Gasteiger partial charge in [0.2, 0.25) is 5.91 Å². The summed E-state index contributed by atoms with van der Waals surface area (Å²) in [6.07, 6.45) is 3.16. The van der Waals surface area contributed by atoms with Gasteiger partial charge in [0.15, 0.2) is 0 Å². The number of carbonyl (C=O) groups is 1. The normalized spacial score (nSPS) is 15.9. The average Bonchev–Trinajstić information content (AvgIpc) is 2.77. The molecule has 0 spiro atoms. The molecule has 0 bridgehead atoms. The van der Waals surface area contributed by atoms with Crippen LogP contribution in [0.15, 0.2) is 84.9 Å². The fourth-order valence-electron chi connectivity index (χ4n) is 4.39. The van der Waals surface area contributed by atoms with Crippen LogP contribution in [0, 0.1) is 0 Å². The summed E-state index contributed by atoms with van der Waals surface area (Å²) in [7, 11) is 0. The van der Waals surface area contributed by atoms with Crippen LogP contribution in [0.1, 0.15) is 61.4 Å². The van der Waals surface area contributed by atoms with E-state index in [1.807, 2.05) is 29.2 Å². The Kier molecular flexibility index (Phi) is 5.62. The van der Waals surface area contributed by atoms with Crippen LogP contribution in [0.2, 0.25) is 0 Å². The van der Waals surface area contributed by atoms with Gasteiger partial charge in [0.05, 0.1) is 11.7 Å². The van der Waals surface area contributed by atoms with Gasteiger partial charge in [0, 0.05) is 12.5 Å². The number of amides is 1. The molecule has 4 rings (SSSR count). The lowest BCUT2D eigenvalue weighted by Gasteiger charge is -2.40. The maximum atomic E-state index is 13.0. The van der Waals surface area contributed by atoms with E-state index in [0.717, 1.165) is 41.7 Å². The van der Waals surface area contributed by atoms with Gasteiger partial charge in [-0.05, 0) is 28.7 Å². The molecule has 0 saturated carbocycles. The number of carbonyl (C=O) groups excluding carboxylic acids is 1. The van der Waals surface area contributed by atoms with Crippen molar-refractivity contribution in [1.82, 2.24) is 4.90 Å². The lowest BCUT2D eigenvalue weighted by atomic mass is 9.81. The van der Waals surface area contributed by atoms with E-state index in [4.69, 9.17) is 0 Å². The van der Waals surface area contributed by atoms with Crippen LogP contribution in [0.25, 0.3) is 11.3 Å². The molecule has 29 heavy (non-hydrogen) atoms. The lowest BCUT2D eigenvalue weighted by molar-refractivity contribution is -0.127. The van der Waals surface area contributed by atoms with Crippen LogP contribution < -0.4 is 0 Å². The molecule has 2 nitrogen and oxygen atoms in total. The standard InChI is InChI=1S/C27H27NO/c1-3-4-19-25-23-17-11-12-18-24(23)26(21-13-7-5-8-14-21)27(28(25)20(2)29)22-15-9-6-10-16-22/h5-18,25H,3-4,19H2,1-2H3. The molecule has 0 saturated heterocycles. The van der Waals surface area contributed by atoms with Crippen molar-refractivity contribution in [3.63, 3.8) is 0 Å². The summed E-state index contributed by atoms with van der Waals surface area (Å²) >= 11 is 0. The third kappa shape index (κ3) is 3.63. The summed E-state index contributed by atoms with van der Waals surface area (Å²) in [4.78, 5) is 15.1. The fourth-order valence-corrected chi connectivity index (χ4v) is 4.39. The molecule has 1 aliphatic rings. The quantitative estimate of drug-likeness (QED) is 0.482. The molecule has 3 aromatic rings. The Morgan fingerprint density at radius 2 is 1.41 bits per heavy atom. The third-order valence-electron chi connectivity index (χ3n) is 5.66. The number of benzene rings is 3. The molecule has 1 atom stereocenters. The highest BCUT2D eigenvalue weighted by Gasteiger charge is 2.35. The highest BCUT2D eigenvalue weighted by atomic mass is 16.2. The molecule has 1 amide bonds. The SMILES string of the molecule is CCCCC1c2ccccc2C(c2ccccc2)=C(c2ccccc2)N1C(C)=O. The Hall–Kier alpha value is -3.13. The Morgan fingerprint density at radius 3 is 2.03 bits per heavy atom. The molecule has 1 aliphatic heterocycles. The van der Waals surface area contributed by atoms with E-state index in [-0.39, 0.29) is 11.9 Å². The van der Waals surface area contributed by atoms with Crippen molar-refractivity contribution in [2.24, 2.45) is 0 Å². The van der Waals surface area contributed by atoms with Crippen LogP contribution in [0.4, 0.5) is 0 Å². The van der Waals surface area contributed by atoms with Crippen LogP contribution in [-0.2, 0) is 4.79 Å². The van der Waals surface area contributed by atoms with Crippen molar-refractivity contribution in [3.05, 3.63) is 107 Å². The van der Waals surface area contributed by atoms with E-state index in [2.05, 4.69) is 67.6 Å². The van der Waals surface area contributed by atoms with Gasteiger partial charge in [0.25, 0.3) is 0 Å². The average molecular weight is 382 g/mol. The first-order valence-corrected chi connectivity index (χ1v) is 10.5. The van der Waals surface area contributed by atoms with Gasteiger partial charge in [0.1, 0.15) is 0 Å². The second-order valence-corrected chi connectivity index (χ2v) is 7.59. The fraction of sp³-hybridized carbons (Fsp3) is 0.222. The largest absolute Gasteiger partial charge is 0.304 e. The second-order valence-electron chi connectivity index (χ2n) is 7.59. The van der Waals surface area contributed by atoms with Crippen LogP contribution in [0.3, 0.4) is 0 Å². The minimum Gasteiger partial charge on any atom is -0.304 e. The topological polar surface area (TPSA) is 20.3 Å². The Bertz CT molecular complexity index is 1020. The predicted octanol–water partition coefficient (Wildman–Crippen LogP) is 6.70. The molecule has 0 radical (unpaired) electrons. The predicted molar refractivity (Wildman–Crippen MR) is 120 cm³/mol. The number of nitrogens with zero attached hydrogens (tertiary/aromatic N) is 1. The molecule has 0 N–H and O–H groups in total. The van der Waals surface area contributed by atoms with Gasteiger partial charge in [-0.3, -0.25) is 4.79 Å². The molecule has 2 heteroatoms. The van der Waals surface area contributed by atoms with E-state index in [1.54, 1.807) is 6.92 Å². The molecular formula is C27H27NO. The van der Waals surface area contributed by atoms with E-state index in [1.165, 1.54) is 11.1 Å². The summed E-state index contributed by atoms with van der Waals surface area (Å²) in [5.41, 5.74) is 6.85. The zero-order chi connectivity index (χ0) is 20.2. The highest BCUT2D eigenvalue weighted by molar-refractivity contribution is 6.05. The summed E-state index contributed by atoms with van der Waals surface area (Å²) in [6.45, 7) is 3.90. The molecule has 3 aromatic carbocycles. The first-order chi connectivity index (χ1) is 14.2. The van der Waals surface area contributed by atoms with Crippen molar-refractivity contribution in [2.45, 2.75) is 39.2 Å². The zero-order valence-corrected chi connectivity index (χ0v) is 17.1. The number of fused-ring (bicyclic) bond motifs is 1. The molecule has 1 unspecified atom stereocenters. The Morgan fingerprint density at radius 1 is 0.828 bits per heavy atom. The minimum absolute atomic E-state index is 0.0614. The first-order valence-electron chi connectivity index (χ1n) is 10.5. The maximum absolute atomic E-state index is 13.0. The van der Waals surface area contributed by atoms with E-state index in [9.17, 15) is 4.79 Å². The third-order valence-corrected chi connectivity index (χ3v) is 5.66. The van der Waals surface area contributed by atoms with Gasteiger partial charge in [-0.15, -0.1) is 0 Å². The van der Waals surface area contributed by atoms with Gasteiger partial charge in [-0.25, -0.2) is 0 Å². The zero-order valence-electron chi connectivity index (χ0n) is 17.1. The number of rotatable bonds is 5. The van der Waals surface area contributed by atoms with Crippen molar-refractivity contribution in [3.8, 4) is 0 Å². The van der Waals surface area contributed by atoms with Crippen LogP contribution in [-0.4, -0.2) is 10.8 Å². The van der Waals surface area contributed by atoms with Gasteiger partial charge in [-0.2, -0.15) is 0 Å². The Labute approximate surface area is 173 Å². The van der Waals surface area contributed by atoms with E-state index >= 15 is 0 Å². The molecule has 146 valence electrons. The smallest absolute Gasteiger partial charge is 0.224 e. The van der Waals surface area contributed by atoms with Gasteiger partial charge < -0.3 is 4.90 Å². The minimum atomic E-state index is 0.0614. The van der Waals surface area contributed by atoms with Crippen molar-refractivity contribution < 1.29 is 4.79 Å². The second kappa shape index (κ2) is 8.48. The lowest BCUT2D eigenvalue weighted by Crippen LogP contribution is -2.35. The van der Waals surface area contributed by atoms with Crippen molar-refractivity contribution in [1.29, 1.82) is 0 Å². The molecule has 0 aliphatic carbocycles. The summed E-state index contributed by atoms with van der Waals surface area (Å²) in [6, 6.07) is 29.4. The van der Waals surface area contributed by atoms with Gasteiger partial charge >= 0.3 is 0 Å². The van der Waals surface area contributed by atoms with Gasteiger partial charge in [-0.1, -0.05) is 105 Å². The number of hydrogen-bond acceptors (Lipinski definition) is 1. The van der Waals surface area contributed by atoms with Crippen molar-refractivity contribution in [2.75, 3.05) is 0 Å². The summed E-state index contributed by atoms with van der Waals surface area (Å²) in [5, 5.41) is 0. The number of unbranched alkanes of at least 4 members (excludes halogenated alkanes) is 1. The van der Waals surface area contributed by atoms with E-state index in [0.29, 0.717) is 0 Å². The Balaban J connectivity index is 2.06. The molecule has 0 fully saturated rings. The highest BCUT2D eigenvalue weighted by Crippen LogP contribution is 2.47. The summed E-state index contributed by atoms with van der Waals surface area (Å²) in [5.74, 6) is 0.0906. The van der Waals surface area contributed by atoms with Crippen LogP contribution in [0.5, 0.6) is 0 Å². The monoisotopic (exact) mass is 381 g/mol. The number of hydrogen-bond donors (Lipinski definition) is 0. The molecule has 1 heterocycles. The van der Waals surface area contributed by atoms with Crippen molar-refractivity contribution >= 4 is 17.2 Å². The molecular weight excluding hydrogens is 354 g/mol.